The van der Waals surface area contributed by atoms with Gasteiger partial charge < -0.3 is 10.5 Å². The van der Waals surface area contributed by atoms with Crippen molar-refractivity contribution in [3.05, 3.63) is 0 Å². The van der Waals surface area contributed by atoms with Crippen LogP contribution in [0.2, 0.25) is 0 Å². The minimum Gasteiger partial charge on any atom is -0.377 e. The fourth-order valence-electron chi connectivity index (χ4n) is 3.14. The lowest BCUT2D eigenvalue weighted by Crippen LogP contribution is -2.58. The molecule has 0 aromatic heterocycles. The monoisotopic (exact) mass is 253 g/mol. The Morgan fingerprint density at radius 2 is 2.28 bits per heavy atom. The molecule has 2 aliphatic heterocycles. The second-order valence-electron chi connectivity index (χ2n) is 5.91. The maximum Gasteiger partial charge on any atom is 0.239 e. The Hall–Kier alpha value is -0.650. The van der Waals surface area contributed by atoms with Gasteiger partial charge in [-0.3, -0.25) is 15.0 Å². The average Bonchev–Trinajstić information content (AvgIpc) is 2.92. The van der Waals surface area contributed by atoms with Crippen molar-refractivity contribution in [1.29, 1.82) is 0 Å². The molecule has 0 aromatic rings. The lowest BCUT2D eigenvalue weighted by molar-refractivity contribution is -0.124. The molecule has 3 rings (SSSR count). The van der Waals surface area contributed by atoms with Crippen LogP contribution in [0.25, 0.3) is 0 Å². The summed E-state index contributed by atoms with van der Waals surface area (Å²) in [6, 6.07) is 0.704. The summed E-state index contributed by atoms with van der Waals surface area (Å²) in [6.07, 6.45) is 5.88. The molecule has 1 saturated carbocycles. The number of nitrogens with zero attached hydrogens (tertiary/aromatic N) is 1. The molecule has 0 aromatic carbocycles. The lowest BCUT2D eigenvalue weighted by Gasteiger charge is -2.28. The standard InChI is InChI=1S/C13H23N3O2/c14-12(17)13(15-8-11-2-1-7-18-11)5-6-16(9-13)10-3-4-10/h10-11,15H,1-9H2,(H2,14,17). The first-order valence-electron chi connectivity index (χ1n) is 7.10. The van der Waals surface area contributed by atoms with Crippen LogP contribution in [-0.2, 0) is 9.53 Å². The van der Waals surface area contributed by atoms with Crippen molar-refractivity contribution in [2.24, 2.45) is 5.73 Å². The van der Waals surface area contributed by atoms with E-state index in [9.17, 15) is 4.79 Å². The summed E-state index contributed by atoms with van der Waals surface area (Å²) >= 11 is 0. The van der Waals surface area contributed by atoms with Gasteiger partial charge in [-0.2, -0.15) is 0 Å². The summed E-state index contributed by atoms with van der Waals surface area (Å²) in [5, 5.41) is 3.41. The van der Waals surface area contributed by atoms with Crippen molar-refractivity contribution >= 4 is 5.91 Å². The van der Waals surface area contributed by atoms with Gasteiger partial charge in [-0.15, -0.1) is 0 Å². The van der Waals surface area contributed by atoms with Gasteiger partial charge in [-0.05, 0) is 32.1 Å². The summed E-state index contributed by atoms with van der Waals surface area (Å²) in [7, 11) is 0. The number of rotatable bonds is 5. The number of carbonyl (C=O) groups is 1. The van der Waals surface area contributed by atoms with Gasteiger partial charge in [0.1, 0.15) is 5.54 Å². The molecule has 3 fully saturated rings. The molecule has 1 aliphatic carbocycles. The Labute approximate surface area is 108 Å². The van der Waals surface area contributed by atoms with E-state index in [4.69, 9.17) is 10.5 Å². The largest absolute Gasteiger partial charge is 0.377 e. The Bertz CT molecular complexity index is 326. The molecule has 2 unspecified atom stereocenters. The number of primary amides is 1. The number of likely N-dealkylation sites (tertiary alicyclic amines) is 1. The predicted molar refractivity (Wildman–Crippen MR) is 68.1 cm³/mol. The number of nitrogens with one attached hydrogen (secondary N) is 1. The van der Waals surface area contributed by atoms with Gasteiger partial charge in [0.25, 0.3) is 0 Å². The molecular formula is C13H23N3O2. The van der Waals surface area contributed by atoms with Crippen LogP contribution in [0.15, 0.2) is 0 Å². The maximum atomic E-state index is 11.8. The normalized spacial score (nSPS) is 37.2. The number of hydrogen-bond acceptors (Lipinski definition) is 4. The number of amides is 1. The smallest absolute Gasteiger partial charge is 0.239 e. The van der Waals surface area contributed by atoms with Crippen molar-refractivity contribution in [1.82, 2.24) is 10.2 Å². The van der Waals surface area contributed by atoms with Crippen LogP contribution in [-0.4, -0.2) is 54.7 Å². The molecule has 0 spiro atoms. The maximum absolute atomic E-state index is 11.8. The molecule has 5 heteroatoms. The van der Waals surface area contributed by atoms with E-state index < -0.39 is 5.54 Å². The van der Waals surface area contributed by atoms with E-state index in [1.54, 1.807) is 0 Å². The molecule has 0 bridgehead atoms. The van der Waals surface area contributed by atoms with Gasteiger partial charge in [0.15, 0.2) is 0 Å². The Morgan fingerprint density at radius 3 is 2.89 bits per heavy atom. The minimum atomic E-state index is -0.519. The molecule has 2 heterocycles. The van der Waals surface area contributed by atoms with E-state index >= 15 is 0 Å². The third kappa shape index (κ3) is 2.39. The van der Waals surface area contributed by atoms with Crippen LogP contribution in [0.3, 0.4) is 0 Å². The van der Waals surface area contributed by atoms with E-state index in [0.29, 0.717) is 6.04 Å². The first-order valence-corrected chi connectivity index (χ1v) is 7.10. The van der Waals surface area contributed by atoms with Crippen LogP contribution in [0.4, 0.5) is 0 Å². The third-order valence-electron chi connectivity index (χ3n) is 4.53. The first kappa shape index (κ1) is 12.4. The zero-order chi connectivity index (χ0) is 12.6. The molecular weight excluding hydrogens is 230 g/mol. The number of nitrogens with two attached hydrogens (primary N) is 1. The van der Waals surface area contributed by atoms with Gasteiger partial charge in [-0.1, -0.05) is 0 Å². The van der Waals surface area contributed by atoms with Gasteiger partial charge in [0.05, 0.1) is 6.10 Å². The van der Waals surface area contributed by atoms with Gasteiger partial charge in [0, 0.05) is 32.3 Å². The Morgan fingerprint density at radius 1 is 1.44 bits per heavy atom. The van der Waals surface area contributed by atoms with Crippen LogP contribution >= 0.6 is 0 Å². The quantitative estimate of drug-likeness (QED) is 0.715. The summed E-state index contributed by atoms with van der Waals surface area (Å²) in [5.41, 5.74) is 5.11. The number of hydrogen-bond donors (Lipinski definition) is 2. The molecule has 5 nitrogen and oxygen atoms in total. The van der Waals surface area contributed by atoms with Crippen molar-refractivity contribution < 1.29 is 9.53 Å². The summed E-state index contributed by atoms with van der Waals surface area (Å²) < 4.78 is 5.60. The van der Waals surface area contributed by atoms with Gasteiger partial charge in [0.2, 0.25) is 5.91 Å². The zero-order valence-electron chi connectivity index (χ0n) is 10.9. The summed E-state index contributed by atoms with van der Waals surface area (Å²) in [5.74, 6) is -0.205. The highest BCUT2D eigenvalue weighted by molar-refractivity contribution is 5.85. The van der Waals surface area contributed by atoms with E-state index in [1.807, 2.05) is 0 Å². The van der Waals surface area contributed by atoms with E-state index in [1.165, 1.54) is 12.8 Å². The number of ether oxygens (including phenoxy) is 1. The van der Waals surface area contributed by atoms with Gasteiger partial charge >= 0.3 is 0 Å². The lowest BCUT2D eigenvalue weighted by atomic mass is 9.97. The first-order chi connectivity index (χ1) is 8.70. The van der Waals surface area contributed by atoms with Crippen molar-refractivity contribution in [3.63, 3.8) is 0 Å². The molecule has 18 heavy (non-hydrogen) atoms. The average molecular weight is 253 g/mol. The zero-order valence-corrected chi connectivity index (χ0v) is 10.9. The Balaban J connectivity index is 1.58. The molecule has 0 radical (unpaired) electrons. The predicted octanol–water partition coefficient (Wildman–Crippen LogP) is -0.153. The molecule has 102 valence electrons. The molecule has 3 N–H and O–H groups in total. The highest BCUT2D eigenvalue weighted by atomic mass is 16.5. The topological polar surface area (TPSA) is 67.6 Å². The third-order valence-corrected chi connectivity index (χ3v) is 4.53. The fourth-order valence-corrected chi connectivity index (χ4v) is 3.14. The summed E-state index contributed by atoms with van der Waals surface area (Å²) in [6.45, 7) is 3.37. The molecule has 3 aliphatic rings. The Kier molecular flexibility index (Phi) is 3.30. The van der Waals surface area contributed by atoms with Crippen LogP contribution in [0, 0.1) is 0 Å². The minimum absolute atomic E-state index is 0.205. The molecule has 2 saturated heterocycles. The van der Waals surface area contributed by atoms with E-state index in [0.717, 1.165) is 45.5 Å². The van der Waals surface area contributed by atoms with E-state index in [2.05, 4.69) is 10.2 Å². The summed E-state index contributed by atoms with van der Waals surface area (Å²) in [4.78, 5) is 14.2. The van der Waals surface area contributed by atoms with Crippen LogP contribution in [0.1, 0.15) is 32.1 Å². The molecule has 1 amide bonds. The highest BCUT2D eigenvalue weighted by Crippen LogP contribution is 2.33. The highest BCUT2D eigenvalue weighted by Gasteiger charge is 2.47. The second kappa shape index (κ2) is 4.79. The molecule has 2 atom stereocenters. The SMILES string of the molecule is NC(=O)C1(NCC2CCCO2)CCN(C2CC2)C1. The number of carbonyl (C=O) groups excluding carboxylic acids is 1. The van der Waals surface area contributed by atoms with Crippen LogP contribution in [0.5, 0.6) is 0 Å². The van der Waals surface area contributed by atoms with Crippen molar-refractivity contribution in [2.45, 2.75) is 49.8 Å². The van der Waals surface area contributed by atoms with E-state index in [-0.39, 0.29) is 12.0 Å². The van der Waals surface area contributed by atoms with Gasteiger partial charge in [-0.25, -0.2) is 0 Å². The van der Waals surface area contributed by atoms with Crippen molar-refractivity contribution in [2.75, 3.05) is 26.2 Å². The van der Waals surface area contributed by atoms with Crippen LogP contribution < -0.4 is 11.1 Å². The second-order valence-corrected chi connectivity index (χ2v) is 5.91. The fraction of sp³-hybridized carbons (Fsp3) is 0.923. The van der Waals surface area contributed by atoms with Crippen molar-refractivity contribution in [3.8, 4) is 0 Å².